The van der Waals surface area contributed by atoms with Crippen LogP contribution in [0.4, 0.5) is 0 Å². The molecule has 1 heterocycles. The van der Waals surface area contributed by atoms with E-state index in [9.17, 15) is 4.79 Å². The molecule has 0 atom stereocenters. The van der Waals surface area contributed by atoms with Crippen LogP contribution >= 0.6 is 15.9 Å². The molecule has 0 aliphatic heterocycles. The van der Waals surface area contributed by atoms with Crippen LogP contribution in [-0.4, -0.2) is 22.1 Å². The predicted octanol–water partition coefficient (Wildman–Crippen LogP) is 3.16. The molecule has 2 aromatic carbocycles. The number of rotatable bonds is 3. The van der Waals surface area contributed by atoms with E-state index in [2.05, 4.69) is 36.4 Å². The lowest BCUT2D eigenvalue weighted by Gasteiger charge is -2.00. The highest BCUT2D eigenvalue weighted by Crippen LogP contribution is 2.10. The number of hydrazone groups is 1. The molecular formula is C16H11BrN4O. The van der Waals surface area contributed by atoms with Crippen molar-refractivity contribution >= 4 is 39.1 Å². The number of hydrogen-bond donors (Lipinski definition) is 1. The van der Waals surface area contributed by atoms with Gasteiger partial charge in [0.05, 0.1) is 23.4 Å². The van der Waals surface area contributed by atoms with Crippen LogP contribution < -0.4 is 5.43 Å². The number of aromatic nitrogens is 2. The summed E-state index contributed by atoms with van der Waals surface area (Å²) >= 11 is 3.32. The van der Waals surface area contributed by atoms with Crippen molar-refractivity contribution in [1.29, 1.82) is 0 Å². The molecule has 0 bridgehead atoms. The van der Waals surface area contributed by atoms with E-state index in [-0.39, 0.29) is 5.91 Å². The largest absolute Gasteiger partial charge is 0.271 e. The van der Waals surface area contributed by atoms with Gasteiger partial charge in [-0.25, -0.2) is 10.4 Å². The van der Waals surface area contributed by atoms with E-state index in [0.29, 0.717) is 11.3 Å². The van der Waals surface area contributed by atoms with E-state index in [1.54, 1.807) is 30.5 Å². The molecule has 108 valence electrons. The van der Waals surface area contributed by atoms with Gasteiger partial charge in [-0.3, -0.25) is 9.78 Å². The van der Waals surface area contributed by atoms with Gasteiger partial charge in [-0.2, -0.15) is 5.10 Å². The van der Waals surface area contributed by atoms with Crippen molar-refractivity contribution in [3.05, 3.63) is 70.5 Å². The van der Waals surface area contributed by atoms with Crippen molar-refractivity contribution in [2.45, 2.75) is 0 Å². The van der Waals surface area contributed by atoms with E-state index < -0.39 is 0 Å². The van der Waals surface area contributed by atoms with Gasteiger partial charge in [0, 0.05) is 10.0 Å². The molecule has 3 rings (SSSR count). The Morgan fingerprint density at radius 2 is 1.82 bits per heavy atom. The Morgan fingerprint density at radius 3 is 2.59 bits per heavy atom. The van der Waals surface area contributed by atoms with Crippen molar-refractivity contribution in [3.63, 3.8) is 0 Å². The first-order chi connectivity index (χ1) is 10.7. The second-order valence-electron chi connectivity index (χ2n) is 4.49. The summed E-state index contributed by atoms with van der Waals surface area (Å²) in [5.41, 5.74) is 5.17. The van der Waals surface area contributed by atoms with Crippen LogP contribution in [0.15, 0.2) is 64.3 Å². The number of carbonyl (C=O) groups excluding carboxylic acids is 1. The van der Waals surface area contributed by atoms with Gasteiger partial charge in [0.2, 0.25) is 0 Å². The number of nitrogens with zero attached hydrogens (tertiary/aromatic N) is 3. The first-order valence-corrected chi connectivity index (χ1v) is 7.32. The van der Waals surface area contributed by atoms with Crippen LogP contribution in [0, 0.1) is 0 Å². The molecule has 3 aromatic rings. The van der Waals surface area contributed by atoms with Crippen molar-refractivity contribution in [2.24, 2.45) is 5.10 Å². The lowest BCUT2D eigenvalue weighted by Crippen LogP contribution is -2.17. The predicted molar refractivity (Wildman–Crippen MR) is 88.7 cm³/mol. The Morgan fingerprint density at radius 1 is 1.09 bits per heavy atom. The highest BCUT2D eigenvalue weighted by molar-refractivity contribution is 9.10. The van der Waals surface area contributed by atoms with Gasteiger partial charge in [-0.05, 0) is 36.4 Å². The molecule has 1 N–H and O–H groups in total. The third kappa shape index (κ3) is 3.35. The Hall–Kier alpha value is -2.60. The summed E-state index contributed by atoms with van der Waals surface area (Å²) in [6, 6.07) is 14.6. The van der Waals surface area contributed by atoms with Crippen LogP contribution in [0.5, 0.6) is 0 Å². The zero-order chi connectivity index (χ0) is 15.4. The van der Waals surface area contributed by atoms with Gasteiger partial charge in [0.15, 0.2) is 0 Å². The molecule has 0 fully saturated rings. The third-order valence-electron chi connectivity index (χ3n) is 2.94. The Kier molecular flexibility index (Phi) is 4.20. The highest BCUT2D eigenvalue weighted by Gasteiger charge is 2.03. The molecule has 0 saturated heterocycles. The lowest BCUT2D eigenvalue weighted by molar-refractivity contribution is 0.0955. The number of halogens is 1. The number of fused-ring (bicyclic) bond motifs is 1. The second kappa shape index (κ2) is 6.44. The van der Waals surface area contributed by atoms with Gasteiger partial charge < -0.3 is 0 Å². The number of amides is 1. The molecule has 0 aliphatic carbocycles. The highest BCUT2D eigenvalue weighted by atomic mass is 79.9. The minimum Gasteiger partial charge on any atom is -0.267 e. The van der Waals surface area contributed by atoms with Crippen LogP contribution in [0.2, 0.25) is 0 Å². The van der Waals surface area contributed by atoms with Gasteiger partial charge in [0.1, 0.15) is 5.69 Å². The zero-order valence-corrected chi connectivity index (χ0v) is 13.0. The number of hydrogen-bond acceptors (Lipinski definition) is 4. The average molecular weight is 355 g/mol. The van der Waals surface area contributed by atoms with Gasteiger partial charge >= 0.3 is 0 Å². The minimum atomic E-state index is -0.280. The molecule has 22 heavy (non-hydrogen) atoms. The standard InChI is InChI=1S/C16H11BrN4O/c17-12-7-5-11(6-8-12)16(22)21-19-10-13-9-18-14-3-1-2-4-15(14)20-13/h1-10H,(H,21,22). The fourth-order valence-corrected chi connectivity index (χ4v) is 2.12. The normalized spacial score (nSPS) is 11.0. The quantitative estimate of drug-likeness (QED) is 0.580. The summed E-state index contributed by atoms with van der Waals surface area (Å²) in [4.78, 5) is 20.5. The van der Waals surface area contributed by atoms with Crippen molar-refractivity contribution < 1.29 is 4.79 Å². The van der Waals surface area contributed by atoms with Crippen LogP contribution in [0.1, 0.15) is 16.1 Å². The molecule has 0 spiro atoms. The topological polar surface area (TPSA) is 67.2 Å². The molecule has 1 aromatic heterocycles. The van der Waals surface area contributed by atoms with Crippen molar-refractivity contribution in [3.8, 4) is 0 Å². The van der Waals surface area contributed by atoms with Crippen LogP contribution in [0.25, 0.3) is 11.0 Å². The summed E-state index contributed by atoms with van der Waals surface area (Å²) in [6.45, 7) is 0. The molecule has 0 saturated carbocycles. The summed E-state index contributed by atoms with van der Waals surface area (Å²) < 4.78 is 0.916. The van der Waals surface area contributed by atoms with E-state index in [1.807, 2.05) is 24.3 Å². The number of nitrogens with one attached hydrogen (secondary N) is 1. The Balaban J connectivity index is 1.70. The molecule has 0 unspecified atom stereocenters. The van der Waals surface area contributed by atoms with E-state index >= 15 is 0 Å². The molecule has 5 nitrogen and oxygen atoms in total. The summed E-state index contributed by atoms with van der Waals surface area (Å²) in [6.07, 6.45) is 3.08. The van der Waals surface area contributed by atoms with Crippen LogP contribution in [-0.2, 0) is 0 Å². The van der Waals surface area contributed by atoms with E-state index in [1.165, 1.54) is 6.21 Å². The molecule has 6 heteroatoms. The maximum atomic E-state index is 11.9. The first-order valence-electron chi connectivity index (χ1n) is 6.53. The van der Waals surface area contributed by atoms with Gasteiger partial charge in [-0.15, -0.1) is 0 Å². The summed E-state index contributed by atoms with van der Waals surface area (Å²) in [5.74, 6) is -0.280. The summed E-state index contributed by atoms with van der Waals surface area (Å²) in [7, 11) is 0. The Bertz CT molecular complexity index is 846. The van der Waals surface area contributed by atoms with Gasteiger partial charge in [-0.1, -0.05) is 28.1 Å². The maximum Gasteiger partial charge on any atom is 0.271 e. The fraction of sp³-hybridized carbons (Fsp3) is 0. The van der Waals surface area contributed by atoms with Crippen LogP contribution in [0.3, 0.4) is 0 Å². The smallest absolute Gasteiger partial charge is 0.267 e. The Labute approximate surface area is 135 Å². The minimum absolute atomic E-state index is 0.280. The lowest BCUT2D eigenvalue weighted by atomic mass is 10.2. The molecule has 1 amide bonds. The second-order valence-corrected chi connectivity index (χ2v) is 5.41. The molecular weight excluding hydrogens is 344 g/mol. The first kappa shape index (κ1) is 14.3. The number of carbonyl (C=O) groups is 1. The average Bonchev–Trinajstić information content (AvgIpc) is 2.55. The third-order valence-corrected chi connectivity index (χ3v) is 3.47. The monoisotopic (exact) mass is 354 g/mol. The SMILES string of the molecule is O=C(NN=Cc1cnc2ccccc2n1)c1ccc(Br)cc1. The molecule has 0 radical (unpaired) electrons. The molecule has 0 aliphatic rings. The zero-order valence-electron chi connectivity index (χ0n) is 11.4. The van der Waals surface area contributed by atoms with Gasteiger partial charge in [0.25, 0.3) is 5.91 Å². The summed E-state index contributed by atoms with van der Waals surface area (Å²) in [5, 5.41) is 3.91. The number of para-hydroxylation sites is 2. The number of benzene rings is 2. The maximum absolute atomic E-state index is 11.9. The van der Waals surface area contributed by atoms with Crippen molar-refractivity contribution in [2.75, 3.05) is 0 Å². The van der Waals surface area contributed by atoms with E-state index in [4.69, 9.17) is 0 Å². The van der Waals surface area contributed by atoms with E-state index in [0.717, 1.165) is 15.5 Å². The van der Waals surface area contributed by atoms with Crippen molar-refractivity contribution in [1.82, 2.24) is 15.4 Å². The fourth-order valence-electron chi connectivity index (χ4n) is 1.86.